The second kappa shape index (κ2) is 7.22. The van der Waals surface area contributed by atoms with Crippen molar-refractivity contribution >= 4 is 5.82 Å². The van der Waals surface area contributed by atoms with Crippen LogP contribution in [0.3, 0.4) is 0 Å². The van der Waals surface area contributed by atoms with E-state index in [1.807, 2.05) is 0 Å². The molecule has 1 heterocycles. The molecule has 3 rings (SSSR count). The van der Waals surface area contributed by atoms with Gasteiger partial charge in [-0.2, -0.15) is 0 Å². The predicted molar refractivity (Wildman–Crippen MR) is 114 cm³/mol. The summed E-state index contributed by atoms with van der Waals surface area (Å²) in [6.07, 6.45) is 4.33. The minimum Gasteiger partial charge on any atom is -0.459 e. The second-order valence-corrected chi connectivity index (χ2v) is 8.10. The van der Waals surface area contributed by atoms with Crippen LogP contribution < -0.4 is 4.57 Å². The summed E-state index contributed by atoms with van der Waals surface area (Å²) >= 11 is 0. The van der Waals surface area contributed by atoms with Gasteiger partial charge in [-0.15, -0.1) is 0 Å². The van der Waals surface area contributed by atoms with Crippen molar-refractivity contribution in [1.29, 1.82) is 0 Å². The van der Waals surface area contributed by atoms with Crippen LogP contribution in [0.25, 0.3) is 16.7 Å². The van der Waals surface area contributed by atoms with Crippen LogP contribution in [0.15, 0.2) is 36.8 Å². The molecule has 3 aromatic rings. The number of hydrogen-bond acceptors (Lipinski definition) is 0. The van der Waals surface area contributed by atoms with Gasteiger partial charge in [0.05, 0.1) is 12.5 Å². The number of benzene rings is 2. The van der Waals surface area contributed by atoms with Crippen LogP contribution in [0.1, 0.15) is 47.2 Å². The lowest BCUT2D eigenvalue weighted by molar-refractivity contribution is -0.595. The van der Waals surface area contributed by atoms with E-state index < -0.39 is 0 Å². The van der Waals surface area contributed by atoms with Crippen molar-refractivity contribution in [2.75, 3.05) is 0 Å². The van der Waals surface area contributed by atoms with Crippen molar-refractivity contribution in [3.05, 3.63) is 75.5 Å². The van der Waals surface area contributed by atoms with E-state index in [2.05, 4.69) is 101 Å². The number of aryl methyl sites for hydroxylation is 6. The van der Waals surface area contributed by atoms with Gasteiger partial charge in [-0.05, 0) is 81.3 Å². The third-order valence-electron chi connectivity index (χ3n) is 4.90. The first-order valence-electron chi connectivity index (χ1n) is 9.68. The zero-order chi connectivity index (χ0) is 19.9. The summed E-state index contributed by atoms with van der Waals surface area (Å²) in [5.74, 6) is 0.986. The quantitative estimate of drug-likeness (QED) is 0.507. The summed E-state index contributed by atoms with van der Waals surface area (Å²) in [6, 6.07) is 9.21. The Hall–Kier alpha value is -2.55. The summed E-state index contributed by atoms with van der Waals surface area (Å²) in [7, 11) is 0. The molecule has 0 spiro atoms. The lowest BCUT2D eigenvalue weighted by atomic mass is 10.0. The fourth-order valence-corrected chi connectivity index (χ4v) is 4.19. The Balaban J connectivity index is 2.25. The van der Waals surface area contributed by atoms with E-state index in [9.17, 15) is 0 Å². The van der Waals surface area contributed by atoms with Crippen molar-refractivity contribution < 1.29 is 4.57 Å². The molecule has 0 radical (unpaired) electrons. The number of rotatable bonds is 4. The molecule has 0 unspecified atom stereocenters. The maximum atomic E-state index is 4.91. The van der Waals surface area contributed by atoms with E-state index in [0.717, 1.165) is 5.82 Å². The standard InChI is InChI=1S/C24H31N3/c1-15(2)25-22-13-26(23-18(5)9-16(3)10-19(23)6)14-27(22)24-20(7)11-17(4)12-21(24)8/h9-15H,1-8H3. The van der Waals surface area contributed by atoms with E-state index in [1.54, 1.807) is 0 Å². The fourth-order valence-electron chi connectivity index (χ4n) is 4.19. The van der Waals surface area contributed by atoms with E-state index >= 15 is 0 Å². The Morgan fingerprint density at radius 1 is 0.778 bits per heavy atom. The number of aromatic nitrogens is 2. The molecule has 3 heteroatoms. The summed E-state index contributed by atoms with van der Waals surface area (Å²) in [5, 5.41) is 4.91. The zero-order valence-electron chi connectivity index (χ0n) is 17.9. The first-order chi connectivity index (χ1) is 12.7. The molecule has 0 fully saturated rings. The highest BCUT2D eigenvalue weighted by Gasteiger charge is 2.13. The highest BCUT2D eigenvalue weighted by Crippen LogP contribution is 2.30. The van der Waals surface area contributed by atoms with Crippen molar-refractivity contribution in [3.63, 3.8) is 0 Å². The summed E-state index contributed by atoms with van der Waals surface area (Å²) in [6.45, 7) is 17.3. The molecule has 0 N–H and O–H groups in total. The summed E-state index contributed by atoms with van der Waals surface area (Å²) < 4.78 is 4.47. The molecular weight excluding hydrogens is 330 g/mol. The SMILES string of the molecule is Cc1cc(C)c(-n2c[n+](-c3c(C)cc(C)cc3C)cc2[N-]C(C)C)c(C)c1. The molecule has 0 aliphatic heterocycles. The first-order valence-corrected chi connectivity index (χ1v) is 9.68. The van der Waals surface area contributed by atoms with Gasteiger partial charge < -0.3 is 9.88 Å². The Labute approximate surface area is 163 Å². The normalized spacial score (nSPS) is 11.3. The second-order valence-electron chi connectivity index (χ2n) is 8.10. The van der Waals surface area contributed by atoms with Crippen LogP contribution in [-0.4, -0.2) is 10.6 Å². The van der Waals surface area contributed by atoms with Crippen molar-refractivity contribution in [2.45, 2.75) is 61.4 Å². The van der Waals surface area contributed by atoms with E-state index in [0.29, 0.717) is 0 Å². The van der Waals surface area contributed by atoms with Gasteiger partial charge in [0, 0.05) is 0 Å². The van der Waals surface area contributed by atoms with Gasteiger partial charge in [-0.1, -0.05) is 49.2 Å². The average molecular weight is 362 g/mol. The van der Waals surface area contributed by atoms with Gasteiger partial charge in [0.2, 0.25) is 0 Å². The van der Waals surface area contributed by atoms with Gasteiger partial charge in [0.1, 0.15) is 5.69 Å². The summed E-state index contributed by atoms with van der Waals surface area (Å²) in [5.41, 5.74) is 10.2. The van der Waals surface area contributed by atoms with E-state index in [4.69, 9.17) is 5.32 Å². The highest BCUT2D eigenvalue weighted by atomic mass is 15.2. The monoisotopic (exact) mass is 361 g/mol. The van der Waals surface area contributed by atoms with Gasteiger partial charge in [-0.3, -0.25) is 0 Å². The highest BCUT2D eigenvalue weighted by molar-refractivity contribution is 5.56. The summed E-state index contributed by atoms with van der Waals surface area (Å²) in [4.78, 5) is 0. The molecule has 142 valence electrons. The molecule has 3 nitrogen and oxygen atoms in total. The predicted octanol–water partition coefficient (Wildman–Crippen LogP) is 6.02. The molecular formula is C24H31N3. The van der Waals surface area contributed by atoms with Crippen LogP contribution >= 0.6 is 0 Å². The van der Waals surface area contributed by atoms with Crippen LogP contribution in [0.4, 0.5) is 5.82 Å². The molecule has 0 amide bonds. The lowest BCUT2D eigenvalue weighted by Gasteiger charge is -2.24. The average Bonchev–Trinajstić information content (AvgIpc) is 2.87. The minimum atomic E-state index is 0.235. The number of imidazole rings is 1. The van der Waals surface area contributed by atoms with Crippen molar-refractivity contribution in [2.24, 2.45) is 0 Å². The largest absolute Gasteiger partial charge is 0.459 e. The smallest absolute Gasteiger partial charge is 0.134 e. The first kappa shape index (κ1) is 19.2. The van der Waals surface area contributed by atoms with Gasteiger partial charge >= 0.3 is 0 Å². The van der Waals surface area contributed by atoms with Crippen LogP contribution in [-0.2, 0) is 0 Å². The van der Waals surface area contributed by atoms with Gasteiger partial charge in [-0.25, -0.2) is 4.57 Å². The lowest BCUT2D eigenvalue weighted by Crippen LogP contribution is -2.30. The molecule has 0 aliphatic carbocycles. The maximum absolute atomic E-state index is 4.91. The molecule has 0 atom stereocenters. The molecule has 2 aromatic carbocycles. The van der Waals surface area contributed by atoms with Crippen molar-refractivity contribution in [3.8, 4) is 11.4 Å². The molecule has 0 aliphatic rings. The molecule has 0 saturated carbocycles. The zero-order valence-corrected chi connectivity index (χ0v) is 17.9. The Bertz CT molecular complexity index is 947. The minimum absolute atomic E-state index is 0.235. The van der Waals surface area contributed by atoms with Gasteiger partial charge in [0.15, 0.2) is 0 Å². The van der Waals surface area contributed by atoms with E-state index in [1.165, 1.54) is 44.8 Å². The number of nitrogens with zero attached hydrogens (tertiary/aromatic N) is 3. The molecule has 1 aromatic heterocycles. The third kappa shape index (κ3) is 3.78. The molecule has 0 saturated heterocycles. The third-order valence-corrected chi connectivity index (χ3v) is 4.90. The Morgan fingerprint density at radius 2 is 1.26 bits per heavy atom. The van der Waals surface area contributed by atoms with Crippen LogP contribution in [0, 0.1) is 41.5 Å². The van der Waals surface area contributed by atoms with Crippen LogP contribution in [0.5, 0.6) is 0 Å². The van der Waals surface area contributed by atoms with Crippen LogP contribution in [0.2, 0.25) is 0 Å². The van der Waals surface area contributed by atoms with E-state index in [-0.39, 0.29) is 6.04 Å². The molecule has 0 bridgehead atoms. The maximum Gasteiger partial charge on any atom is 0.134 e. The van der Waals surface area contributed by atoms with Crippen molar-refractivity contribution in [1.82, 2.24) is 4.57 Å². The van der Waals surface area contributed by atoms with Gasteiger partial charge in [0.25, 0.3) is 0 Å². The fraction of sp³-hybridized carbons (Fsp3) is 0.375. The molecule has 27 heavy (non-hydrogen) atoms. The number of hydrogen-bond donors (Lipinski definition) is 0. The topological polar surface area (TPSA) is 22.9 Å². The Kier molecular flexibility index (Phi) is 5.14. The Morgan fingerprint density at radius 3 is 1.74 bits per heavy atom.